The minimum absolute atomic E-state index is 0.0935. The Hall–Kier alpha value is -2.18. The maximum Gasteiger partial charge on any atom is 0.270 e. The Morgan fingerprint density at radius 1 is 1.27 bits per heavy atom. The van der Waals surface area contributed by atoms with Crippen molar-refractivity contribution < 1.29 is 9.59 Å². The monoisotopic (exact) mass is 305 g/mol. The molecule has 7 heteroatoms. The number of nitrogens with one attached hydrogen (secondary N) is 1. The molecule has 1 unspecified atom stereocenters. The zero-order chi connectivity index (χ0) is 16.1. The van der Waals surface area contributed by atoms with Crippen LogP contribution < -0.4 is 10.2 Å². The van der Waals surface area contributed by atoms with Crippen LogP contribution in [0.3, 0.4) is 0 Å². The van der Waals surface area contributed by atoms with E-state index in [1.165, 1.54) is 6.33 Å². The first-order valence-corrected chi connectivity index (χ1v) is 7.64. The van der Waals surface area contributed by atoms with Crippen molar-refractivity contribution in [3.05, 3.63) is 18.1 Å². The van der Waals surface area contributed by atoms with Gasteiger partial charge in [0, 0.05) is 45.2 Å². The summed E-state index contributed by atoms with van der Waals surface area (Å²) in [6, 6.07) is 1.83. The van der Waals surface area contributed by atoms with Crippen molar-refractivity contribution in [3.8, 4) is 0 Å². The predicted octanol–water partition coefficient (Wildman–Crippen LogP) is 0.673. The summed E-state index contributed by atoms with van der Waals surface area (Å²) in [5.41, 5.74) is 0.374. The number of anilines is 1. The lowest BCUT2D eigenvalue weighted by atomic mass is 10.2. The molecule has 2 amide bonds. The zero-order valence-electron chi connectivity index (χ0n) is 13.4. The number of nitrogens with zero attached hydrogens (tertiary/aromatic N) is 4. The lowest BCUT2D eigenvalue weighted by molar-refractivity contribution is -0.129. The Morgan fingerprint density at radius 3 is 2.55 bits per heavy atom. The third-order valence-electron chi connectivity index (χ3n) is 3.92. The number of piperazine rings is 1. The van der Waals surface area contributed by atoms with Gasteiger partial charge in [-0.05, 0) is 13.3 Å². The smallest absolute Gasteiger partial charge is 0.270 e. The number of aromatic nitrogens is 2. The van der Waals surface area contributed by atoms with Crippen molar-refractivity contribution in [2.75, 3.05) is 31.1 Å². The molecule has 2 heterocycles. The van der Waals surface area contributed by atoms with Crippen molar-refractivity contribution in [1.82, 2.24) is 20.2 Å². The van der Waals surface area contributed by atoms with E-state index in [0.29, 0.717) is 31.9 Å². The molecule has 0 aromatic carbocycles. The van der Waals surface area contributed by atoms with Crippen LogP contribution in [0.2, 0.25) is 0 Å². The second-order valence-electron chi connectivity index (χ2n) is 5.54. The highest BCUT2D eigenvalue weighted by Crippen LogP contribution is 2.14. The predicted molar refractivity (Wildman–Crippen MR) is 83.7 cm³/mol. The molecule has 1 aromatic rings. The van der Waals surface area contributed by atoms with E-state index < -0.39 is 0 Å². The summed E-state index contributed by atoms with van der Waals surface area (Å²) >= 11 is 0. The molecule has 1 aliphatic rings. The summed E-state index contributed by atoms with van der Waals surface area (Å²) in [6.45, 7) is 8.33. The average molecular weight is 305 g/mol. The van der Waals surface area contributed by atoms with Gasteiger partial charge >= 0.3 is 0 Å². The van der Waals surface area contributed by atoms with E-state index in [9.17, 15) is 9.59 Å². The van der Waals surface area contributed by atoms with E-state index in [-0.39, 0.29) is 17.9 Å². The zero-order valence-corrected chi connectivity index (χ0v) is 13.4. The molecule has 1 N–H and O–H groups in total. The van der Waals surface area contributed by atoms with E-state index in [2.05, 4.69) is 20.2 Å². The molecule has 1 aliphatic heterocycles. The van der Waals surface area contributed by atoms with E-state index in [0.717, 1.165) is 12.2 Å². The number of hydrogen-bond donors (Lipinski definition) is 1. The lowest BCUT2D eigenvalue weighted by Gasteiger charge is -2.34. The van der Waals surface area contributed by atoms with Crippen LogP contribution in [0.5, 0.6) is 0 Å². The van der Waals surface area contributed by atoms with Gasteiger partial charge in [0.15, 0.2) is 0 Å². The molecule has 22 heavy (non-hydrogen) atoms. The summed E-state index contributed by atoms with van der Waals surface area (Å²) in [5, 5.41) is 2.90. The van der Waals surface area contributed by atoms with Crippen LogP contribution >= 0.6 is 0 Å². The third-order valence-corrected chi connectivity index (χ3v) is 3.92. The molecule has 1 atom stereocenters. The second kappa shape index (κ2) is 7.20. The highest BCUT2D eigenvalue weighted by molar-refractivity contribution is 5.93. The van der Waals surface area contributed by atoms with Gasteiger partial charge in [0.2, 0.25) is 5.91 Å². The van der Waals surface area contributed by atoms with Gasteiger partial charge in [-0.25, -0.2) is 9.97 Å². The van der Waals surface area contributed by atoms with Crippen molar-refractivity contribution in [2.45, 2.75) is 33.2 Å². The number of carbonyl (C=O) groups is 2. The fraction of sp³-hybridized carbons (Fsp3) is 0.600. The molecule has 0 bridgehead atoms. The number of amides is 2. The standard InChI is InChI=1S/C15H23N5O2/c1-4-11(2)18-15(22)13-9-14(17-10-16-13)20-7-5-19(6-8-20)12(3)21/h9-11H,4-8H2,1-3H3,(H,18,22). The maximum absolute atomic E-state index is 12.1. The molecular weight excluding hydrogens is 282 g/mol. The van der Waals surface area contributed by atoms with E-state index in [1.807, 2.05) is 18.7 Å². The minimum Gasteiger partial charge on any atom is -0.353 e. The van der Waals surface area contributed by atoms with Crippen LogP contribution in [0, 0.1) is 0 Å². The molecule has 120 valence electrons. The molecule has 2 rings (SSSR count). The number of carbonyl (C=O) groups excluding carboxylic acids is 2. The minimum atomic E-state index is -0.180. The Balaban J connectivity index is 2.03. The second-order valence-corrected chi connectivity index (χ2v) is 5.54. The van der Waals surface area contributed by atoms with Crippen LogP contribution in [0.25, 0.3) is 0 Å². The quantitative estimate of drug-likeness (QED) is 0.885. The van der Waals surface area contributed by atoms with Crippen LogP contribution in [0.1, 0.15) is 37.7 Å². The summed E-state index contributed by atoms with van der Waals surface area (Å²) in [6.07, 6.45) is 2.29. The highest BCUT2D eigenvalue weighted by atomic mass is 16.2. The topological polar surface area (TPSA) is 78.4 Å². The molecule has 0 radical (unpaired) electrons. The van der Waals surface area contributed by atoms with Gasteiger partial charge in [-0.15, -0.1) is 0 Å². The summed E-state index contributed by atoms with van der Waals surface area (Å²) in [7, 11) is 0. The summed E-state index contributed by atoms with van der Waals surface area (Å²) in [4.78, 5) is 35.6. The Kier molecular flexibility index (Phi) is 5.30. The van der Waals surface area contributed by atoms with E-state index in [4.69, 9.17) is 0 Å². The van der Waals surface area contributed by atoms with Gasteiger partial charge in [-0.3, -0.25) is 9.59 Å². The van der Waals surface area contributed by atoms with Gasteiger partial charge in [0.05, 0.1) is 0 Å². The highest BCUT2D eigenvalue weighted by Gasteiger charge is 2.20. The fourth-order valence-electron chi connectivity index (χ4n) is 2.29. The van der Waals surface area contributed by atoms with Gasteiger partial charge < -0.3 is 15.1 Å². The molecular formula is C15H23N5O2. The van der Waals surface area contributed by atoms with Crippen molar-refractivity contribution in [2.24, 2.45) is 0 Å². The van der Waals surface area contributed by atoms with Gasteiger partial charge in [-0.2, -0.15) is 0 Å². The van der Waals surface area contributed by atoms with Crippen LogP contribution in [-0.4, -0.2) is 58.9 Å². The van der Waals surface area contributed by atoms with Crippen molar-refractivity contribution in [1.29, 1.82) is 0 Å². The van der Waals surface area contributed by atoms with Crippen molar-refractivity contribution >= 4 is 17.6 Å². The lowest BCUT2D eigenvalue weighted by Crippen LogP contribution is -2.48. The molecule has 0 spiro atoms. The molecule has 1 fully saturated rings. The van der Waals surface area contributed by atoms with Gasteiger partial charge in [0.25, 0.3) is 5.91 Å². The summed E-state index contributed by atoms with van der Waals surface area (Å²) in [5.74, 6) is 0.642. The third kappa shape index (κ3) is 3.93. The first kappa shape index (κ1) is 16.2. The van der Waals surface area contributed by atoms with E-state index >= 15 is 0 Å². The molecule has 7 nitrogen and oxygen atoms in total. The fourth-order valence-corrected chi connectivity index (χ4v) is 2.29. The summed E-state index contributed by atoms with van der Waals surface area (Å²) < 4.78 is 0. The largest absolute Gasteiger partial charge is 0.353 e. The van der Waals surface area contributed by atoms with E-state index in [1.54, 1.807) is 13.0 Å². The first-order valence-electron chi connectivity index (χ1n) is 7.64. The Morgan fingerprint density at radius 2 is 1.95 bits per heavy atom. The molecule has 1 saturated heterocycles. The number of hydrogen-bond acceptors (Lipinski definition) is 5. The van der Waals surface area contributed by atoms with Gasteiger partial charge in [0.1, 0.15) is 17.8 Å². The molecule has 0 aliphatic carbocycles. The first-order chi connectivity index (χ1) is 10.5. The molecule has 1 aromatic heterocycles. The maximum atomic E-state index is 12.1. The Labute approximate surface area is 130 Å². The Bertz CT molecular complexity index is 540. The van der Waals surface area contributed by atoms with Crippen LogP contribution in [-0.2, 0) is 4.79 Å². The average Bonchev–Trinajstić information content (AvgIpc) is 2.54. The number of rotatable bonds is 4. The van der Waals surface area contributed by atoms with Crippen molar-refractivity contribution in [3.63, 3.8) is 0 Å². The molecule has 0 saturated carbocycles. The van der Waals surface area contributed by atoms with Gasteiger partial charge in [-0.1, -0.05) is 6.92 Å². The SMILES string of the molecule is CCC(C)NC(=O)c1cc(N2CCN(C(C)=O)CC2)ncn1. The van der Waals surface area contributed by atoms with Crippen LogP contribution in [0.15, 0.2) is 12.4 Å². The van der Waals surface area contributed by atoms with Crippen LogP contribution in [0.4, 0.5) is 5.82 Å². The normalized spacial score (nSPS) is 16.3.